The average Bonchev–Trinajstić information content (AvgIpc) is 2.18. The molecule has 2 heteroatoms. The first kappa shape index (κ1) is 8.30. The molecule has 0 aromatic heterocycles. The molecule has 0 spiro atoms. The van der Waals surface area contributed by atoms with E-state index in [1.165, 1.54) is 0 Å². The Morgan fingerprint density at radius 3 is 3.00 bits per heavy atom. The molecule has 0 aromatic rings. The van der Waals surface area contributed by atoms with Crippen LogP contribution in [-0.4, -0.2) is 11.9 Å². The summed E-state index contributed by atoms with van der Waals surface area (Å²) in [5.74, 6) is 0.0619. The van der Waals surface area contributed by atoms with Gasteiger partial charge in [0.1, 0.15) is 0 Å². The van der Waals surface area contributed by atoms with Crippen LogP contribution in [0.3, 0.4) is 0 Å². The van der Waals surface area contributed by atoms with Crippen molar-refractivity contribution < 1.29 is 4.79 Å². The lowest BCUT2D eigenvalue weighted by atomic mass is 9.99. The Hall–Kier alpha value is -1.31. The van der Waals surface area contributed by atoms with E-state index in [4.69, 9.17) is 0 Å². The average molecular weight is 175 g/mol. The number of amides is 1. The number of rotatable bonds is 0. The molecule has 0 radical (unpaired) electrons. The highest BCUT2D eigenvalue weighted by atomic mass is 16.1. The summed E-state index contributed by atoms with van der Waals surface area (Å²) in [4.78, 5) is 11.6. The molecule has 2 aliphatic heterocycles. The van der Waals surface area contributed by atoms with Gasteiger partial charge in [-0.05, 0) is 13.3 Å². The van der Waals surface area contributed by atoms with E-state index in [0.29, 0.717) is 0 Å². The van der Waals surface area contributed by atoms with Gasteiger partial charge >= 0.3 is 0 Å². The summed E-state index contributed by atoms with van der Waals surface area (Å²) >= 11 is 0. The zero-order valence-corrected chi connectivity index (χ0v) is 7.66. The maximum atomic E-state index is 11.6. The standard InChI is InChI=1S/C11H13NO/c1-8-6-7-9-4-2-3-5-10(8)11(13)12-9/h2-6,9-10H,7H2,1H3,(H,12,13)/t9-,10-/m1/s1. The Balaban J connectivity index is 2.41. The van der Waals surface area contributed by atoms with Crippen LogP contribution in [0.5, 0.6) is 0 Å². The normalized spacial score (nSPS) is 31.8. The first-order valence-electron chi connectivity index (χ1n) is 4.59. The highest BCUT2D eigenvalue weighted by molar-refractivity contribution is 5.84. The Morgan fingerprint density at radius 1 is 1.38 bits per heavy atom. The number of allylic oxidation sites excluding steroid dienone is 2. The molecule has 2 nitrogen and oxygen atoms in total. The van der Waals surface area contributed by atoms with E-state index in [1.54, 1.807) is 0 Å². The number of nitrogens with one attached hydrogen (secondary N) is 1. The van der Waals surface area contributed by atoms with Crippen LogP contribution in [0.1, 0.15) is 13.3 Å². The molecule has 68 valence electrons. The highest BCUT2D eigenvalue weighted by Crippen LogP contribution is 2.19. The smallest absolute Gasteiger partial charge is 0.231 e. The summed E-state index contributed by atoms with van der Waals surface area (Å²) < 4.78 is 0. The van der Waals surface area contributed by atoms with Crippen LogP contribution in [0, 0.1) is 5.92 Å². The molecule has 0 aliphatic carbocycles. The molecule has 2 bridgehead atoms. The van der Waals surface area contributed by atoms with Gasteiger partial charge in [-0.1, -0.05) is 36.0 Å². The maximum absolute atomic E-state index is 11.6. The number of carbonyl (C=O) groups is 1. The van der Waals surface area contributed by atoms with Crippen LogP contribution in [0.15, 0.2) is 36.0 Å². The fourth-order valence-electron chi connectivity index (χ4n) is 1.72. The topological polar surface area (TPSA) is 29.1 Å². The number of hydrogen-bond donors (Lipinski definition) is 1. The van der Waals surface area contributed by atoms with E-state index in [1.807, 2.05) is 31.2 Å². The highest BCUT2D eigenvalue weighted by Gasteiger charge is 2.23. The summed E-state index contributed by atoms with van der Waals surface area (Å²) in [6.45, 7) is 2.02. The molecule has 2 rings (SSSR count). The number of hydrogen-bond acceptors (Lipinski definition) is 1. The van der Waals surface area contributed by atoms with Gasteiger partial charge in [0.15, 0.2) is 0 Å². The lowest BCUT2D eigenvalue weighted by Gasteiger charge is -2.15. The van der Waals surface area contributed by atoms with Gasteiger partial charge in [-0.25, -0.2) is 0 Å². The van der Waals surface area contributed by atoms with Crippen LogP contribution in [0.4, 0.5) is 0 Å². The van der Waals surface area contributed by atoms with Crippen molar-refractivity contribution in [3.8, 4) is 0 Å². The lowest BCUT2D eigenvalue weighted by molar-refractivity contribution is -0.122. The summed E-state index contributed by atoms with van der Waals surface area (Å²) in [5, 5.41) is 2.98. The Morgan fingerprint density at radius 2 is 2.15 bits per heavy atom. The first-order chi connectivity index (χ1) is 6.27. The van der Waals surface area contributed by atoms with Gasteiger partial charge in [0.2, 0.25) is 5.91 Å². The van der Waals surface area contributed by atoms with E-state index in [9.17, 15) is 4.79 Å². The third-order valence-corrected chi connectivity index (χ3v) is 2.55. The Labute approximate surface area is 78.0 Å². The van der Waals surface area contributed by atoms with Crippen LogP contribution >= 0.6 is 0 Å². The number of carbonyl (C=O) groups excluding carboxylic acids is 1. The van der Waals surface area contributed by atoms with Crippen molar-refractivity contribution in [2.75, 3.05) is 0 Å². The van der Waals surface area contributed by atoms with Crippen LogP contribution in [0.2, 0.25) is 0 Å². The molecule has 0 saturated carbocycles. The monoisotopic (exact) mass is 175 g/mol. The second kappa shape index (κ2) is 3.21. The lowest BCUT2D eigenvalue weighted by Crippen LogP contribution is -2.36. The third kappa shape index (κ3) is 1.57. The zero-order chi connectivity index (χ0) is 9.26. The molecule has 1 amide bonds. The largest absolute Gasteiger partial charge is 0.349 e. The molecule has 0 unspecified atom stereocenters. The van der Waals surface area contributed by atoms with Crippen LogP contribution in [-0.2, 0) is 4.79 Å². The van der Waals surface area contributed by atoms with Crippen molar-refractivity contribution in [2.24, 2.45) is 5.92 Å². The van der Waals surface area contributed by atoms with Gasteiger partial charge < -0.3 is 5.32 Å². The fourth-order valence-corrected chi connectivity index (χ4v) is 1.72. The summed E-state index contributed by atoms with van der Waals surface area (Å²) in [6, 6.07) is 0.178. The van der Waals surface area contributed by atoms with Gasteiger partial charge in [-0.3, -0.25) is 4.79 Å². The second-order valence-electron chi connectivity index (χ2n) is 3.55. The van der Waals surface area contributed by atoms with E-state index in [2.05, 4.69) is 11.4 Å². The minimum Gasteiger partial charge on any atom is -0.349 e. The van der Waals surface area contributed by atoms with Crippen molar-refractivity contribution in [1.29, 1.82) is 0 Å². The fraction of sp³-hybridized carbons (Fsp3) is 0.364. The third-order valence-electron chi connectivity index (χ3n) is 2.55. The van der Waals surface area contributed by atoms with Crippen molar-refractivity contribution in [3.05, 3.63) is 36.0 Å². The molecular weight excluding hydrogens is 162 g/mol. The van der Waals surface area contributed by atoms with Crippen LogP contribution in [0.25, 0.3) is 0 Å². The SMILES string of the molecule is CC1=CC[C@H]2C=CC=C[C@H]1C(=O)N2. The van der Waals surface area contributed by atoms with E-state index >= 15 is 0 Å². The predicted molar refractivity (Wildman–Crippen MR) is 52.1 cm³/mol. The van der Waals surface area contributed by atoms with E-state index < -0.39 is 0 Å². The molecule has 13 heavy (non-hydrogen) atoms. The van der Waals surface area contributed by atoms with Crippen molar-refractivity contribution >= 4 is 5.91 Å². The molecule has 2 heterocycles. The zero-order valence-electron chi connectivity index (χ0n) is 7.66. The predicted octanol–water partition coefficient (Wildman–Crippen LogP) is 1.56. The Bertz CT molecular complexity index is 312. The molecule has 1 N–H and O–H groups in total. The van der Waals surface area contributed by atoms with Crippen LogP contribution < -0.4 is 5.32 Å². The minimum absolute atomic E-state index is 0.0602. The first-order valence-corrected chi connectivity index (χ1v) is 4.59. The van der Waals surface area contributed by atoms with Crippen molar-refractivity contribution in [2.45, 2.75) is 19.4 Å². The van der Waals surface area contributed by atoms with Gasteiger partial charge in [-0.2, -0.15) is 0 Å². The van der Waals surface area contributed by atoms with Crippen molar-refractivity contribution in [3.63, 3.8) is 0 Å². The quantitative estimate of drug-likeness (QED) is 0.556. The molecular formula is C11H13NO. The summed E-state index contributed by atoms with van der Waals surface area (Å²) in [5.41, 5.74) is 1.15. The second-order valence-corrected chi connectivity index (χ2v) is 3.55. The summed E-state index contributed by atoms with van der Waals surface area (Å²) in [7, 11) is 0. The minimum atomic E-state index is -0.0602. The maximum Gasteiger partial charge on any atom is 0.231 e. The molecule has 0 fully saturated rings. The van der Waals surface area contributed by atoms with E-state index in [0.717, 1.165) is 12.0 Å². The number of fused-ring (bicyclic) bond motifs is 3. The van der Waals surface area contributed by atoms with Gasteiger partial charge in [-0.15, -0.1) is 0 Å². The van der Waals surface area contributed by atoms with Gasteiger partial charge in [0.25, 0.3) is 0 Å². The van der Waals surface area contributed by atoms with Crippen molar-refractivity contribution in [1.82, 2.24) is 5.32 Å². The molecule has 0 saturated heterocycles. The molecule has 0 aromatic carbocycles. The van der Waals surface area contributed by atoms with Gasteiger partial charge in [0, 0.05) is 0 Å². The van der Waals surface area contributed by atoms with Gasteiger partial charge in [0.05, 0.1) is 12.0 Å². The summed E-state index contributed by atoms with van der Waals surface area (Å²) in [6.07, 6.45) is 11.0. The molecule has 2 atom stereocenters. The Kier molecular flexibility index (Phi) is 2.05. The van der Waals surface area contributed by atoms with E-state index in [-0.39, 0.29) is 17.9 Å². The molecule has 2 aliphatic rings.